The number of nitrogens with two attached hydrogens (primary N) is 1. The van der Waals surface area contributed by atoms with E-state index >= 15 is 0 Å². The summed E-state index contributed by atoms with van der Waals surface area (Å²) in [5.74, 6) is 0.0150. The van der Waals surface area contributed by atoms with Gasteiger partial charge in [0.05, 0.1) is 37.6 Å². The SMILES string of the molecule is COc1cc(/C=N\NC(=O)Cc2csc(C)n2)cc(OC)c1OCC(N)=O. The number of hydrogen-bond acceptors (Lipinski definition) is 8. The Morgan fingerprint density at radius 2 is 1.96 bits per heavy atom. The third kappa shape index (κ3) is 5.96. The first kappa shape index (κ1) is 20.2. The van der Waals surface area contributed by atoms with Crippen LogP contribution in [0.4, 0.5) is 0 Å². The zero-order chi connectivity index (χ0) is 19.8. The smallest absolute Gasteiger partial charge is 0.255 e. The second-order valence-corrected chi connectivity index (χ2v) is 6.40. The number of aryl methyl sites for hydroxylation is 1. The van der Waals surface area contributed by atoms with Gasteiger partial charge in [-0.1, -0.05) is 0 Å². The number of benzene rings is 1. The van der Waals surface area contributed by atoms with E-state index in [2.05, 4.69) is 15.5 Å². The fourth-order valence-electron chi connectivity index (χ4n) is 2.13. The second kappa shape index (κ2) is 9.53. The van der Waals surface area contributed by atoms with Crippen LogP contribution < -0.4 is 25.4 Å². The highest BCUT2D eigenvalue weighted by Crippen LogP contribution is 2.38. The number of ether oxygens (including phenoxy) is 3. The summed E-state index contributed by atoms with van der Waals surface area (Å²) < 4.78 is 15.8. The molecule has 0 aliphatic rings. The van der Waals surface area contributed by atoms with Crippen molar-refractivity contribution >= 4 is 29.4 Å². The van der Waals surface area contributed by atoms with Gasteiger partial charge >= 0.3 is 0 Å². The third-order valence-corrected chi connectivity index (χ3v) is 4.08. The van der Waals surface area contributed by atoms with Gasteiger partial charge < -0.3 is 19.9 Å². The maximum atomic E-state index is 11.9. The summed E-state index contributed by atoms with van der Waals surface area (Å²) in [5, 5.41) is 6.66. The highest BCUT2D eigenvalue weighted by molar-refractivity contribution is 7.09. The van der Waals surface area contributed by atoms with E-state index in [1.165, 1.54) is 31.8 Å². The molecule has 0 aliphatic carbocycles. The number of rotatable bonds is 9. The molecule has 1 aromatic heterocycles. The van der Waals surface area contributed by atoms with Gasteiger partial charge in [-0.15, -0.1) is 11.3 Å². The van der Waals surface area contributed by atoms with E-state index in [4.69, 9.17) is 19.9 Å². The maximum Gasteiger partial charge on any atom is 0.255 e. The van der Waals surface area contributed by atoms with Crippen molar-refractivity contribution in [3.63, 3.8) is 0 Å². The van der Waals surface area contributed by atoms with Gasteiger partial charge in [-0.3, -0.25) is 9.59 Å². The molecule has 0 unspecified atom stereocenters. The summed E-state index contributed by atoms with van der Waals surface area (Å²) in [6.45, 7) is 1.56. The summed E-state index contributed by atoms with van der Waals surface area (Å²) >= 11 is 1.48. The Hall–Kier alpha value is -3.14. The number of nitrogens with zero attached hydrogens (tertiary/aromatic N) is 2. The van der Waals surface area contributed by atoms with E-state index in [9.17, 15) is 9.59 Å². The van der Waals surface area contributed by atoms with Crippen LogP contribution in [0.5, 0.6) is 17.2 Å². The Kier molecular flexibility index (Phi) is 7.12. The minimum Gasteiger partial charge on any atom is -0.493 e. The molecule has 0 bridgehead atoms. The van der Waals surface area contributed by atoms with Gasteiger partial charge in [0.15, 0.2) is 18.1 Å². The Bertz CT molecular complexity index is 825. The Morgan fingerprint density at radius 1 is 1.30 bits per heavy atom. The van der Waals surface area contributed by atoms with Crippen molar-refractivity contribution in [3.8, 4) is 17.2 Å². The van der Waals surface area contributed by atoms with E-state index in [1.807, 2.05) is 12.3 Å². The van der Waals surface area contributed by atoms with Crippen molar-refractivity contribution in [3.05, 3.63) is 33.8 Å². The highest BCUT2D eigenvalue weighted by atomic mass is 32.1. The van der Waals surface area contributed by atoms with Gasteiger partial charge in [0.1, 0.15) is 0 Å². The summed E-state index contributed by atoms with van der Waals surface area (Å²) in [4.78, 5) is 27.0. The summed E-state index contributed by atoms with van der Waals surface area (Å²) in [7, 11) is 2.90. The van der Waals surface area contributed by atoms with Gasteiger partial charge in [0.2, 0.25) is 11.7 Å². The van der Waals surface area contributed by atoms with Crippen molar-refractivity contribution in [2.24, 2.45) is 10.8 Å². The lowest BCUT2D eigenvalue weighted by Gasteiger charge is -2.14. The zero-order valence-corrected chi connectivity index (χ0v) is 16.0. The minimum absolute atomic E-state index is 0.147. The molecule has 0 spiro atoms. The fraction of sp³-hybridized carbons (Fsp3) is 0.294. The Balaban J connectivity index is 2.07. The Labute approximate surface area is 160 Å². The van der Waals surface area contributed by atoms with Gasteiger partial charge in [0.25, 0.3) is 5.91 Å². The molecule has 0 aliphatic heterocycles. The van der Waals surface area contributed by atoms with Crippen LogP contribution in [0.3, 0.4) is 0 Å². The molecule has 27 heavy (non-hydrogen) atoms. The van der Waals surface area contributed by atoms with E-state index in [1.54, 1.807) is 12.1 Å². The normalized spacial score (nSPS) is 10.6. The first-order valence-corrected chi connectivity index (χ1v) is 8.71. The predicted octanol–water partition coefficient (Wildman–Crippen LogP) is 1.03. The number of primary amides is 1. The number of methoxy groups -OCH3 is 2. The summed E-state index contributed by atoms with van der Waals surface area (Å²) in [6, 6.07) is 3.25. The van der Waals surface area contributed by atoms with Crippen molar-refractivity contribution < 1.29 is 23.8 Å². The van der Waals surface area contributed by atoms with E-state index in [-0.39, 0.29) is 24.7 Å². The van der Waals surface area contributed by atoms with Crippen LogP contribution in [0.15, 0.2) is 22.6 Å². The molecule has 9 nitrogen and oxygen atoms in total. The van der Waals surface area contributed by atoms with Gasteiger partial charge in [0, 0.05) is 10.9 Å². The van der Waals surface area contributed by atoms with Crippen LogP contribution in [-0.2, 0) is 16.0 Å². The molecule has 10 heteroatoms. The molecule has 0 radical (unpaired) electrons. The minimum atomic E-state index is -0.622. The number of hydrazone groups is 1. The monoisotopic (exact) mass is 392 g/mol. The van der Waals surface area contributed by atoms with Crippen LogP contribution in [0.1, 0.15) is 16.3 Å². The lowest BCUT2D eigenvalue weighted by atomic mass is 10.2. The van der Waals surface area contributed by atoms with Crippen molar-refractivity contribution in [1.82, 2.24) is 10.4 Å². The molecule has 0 atom stereocenters. The molecular weight excluding hydrogens is 372 g/mol. The third-order valence-electron chi connectivity index (χ3n) is 3.25. The molecule has 3 N–H and O–H groups in total. The standard InChI is InChI=1S/C17H20N4O5S/c1-10-20-12(9-27-10)6-16(23)21-19-7-11-4-13(24-2)17(14(5-11)25-3)26-8-15(18)22/h4-5,7,9H,6,8H2,1-3H3,(H2,18,22)(H,21,23)/b19-7-. The molecular formula is C17H20N4O5S. The van der Waals surface area contributed by atoms with E-state index < -0.39 is 5.91 Å². The second-order valence-electron chi connectivity index (χ2n) is 5.34. The first-order valence-electron chi connectivity index (χ1n) is 7.83. The van der Waals surface area contributed by atoms with Gasteiger partial charge in [-0.25, -0.2) is 10.4 Å². The molecule has 144 valence electrons. The lowest BCUT2D eigenvalue weighted by molar-refractivity contribution is -0.121. The predicted molar refractivity (Wildman–Crippen MR) is 101 cm³/mol. The molecule has 2 amide bonds. The largest absolute Gasteiger partial charge is 0.493 e. The number of amides is 2. The van der Waals surface area contributed by atoms with Crippen molar-refractivity contribution in [2.75, 3.05) is 20.8 Å². The van der Waals surface area contributed by atoms with Gasteiger partial charge in [-0.2, -0.15) is 5.10 Å². The molecule has 1 heterocycles. The number of aromatic nitrogens is 1. The topological polar surface area (TPSA) is 125 Å². The molecule has 2 rings (SSSR count). The number of nitrogens with one attached hydrogen (secondary N) is 1. The highest BCUT2D eigenvalue weighted by Gasteiger charge is 2.14. The first-order chi connectivity index (χ1) is 12.9. The average molecular weight is 392 g/mol. The molecule has 0 saturated heterocycles. The molecule has 0 fully saturated rings. The van der Waals surface area contributed by atoms with Crippen LogP contribution >= 0.6 is 11.3 Å². The number of carbonyl (C=O) groups is 2. The van der Waals surface area contributed by atoms with Crippen LogP contribution in [-0.4, -0.2) is 43.8 Å². The van der Waals surface area contributed by atoms with Gasteiger partial charge in [-0.05, 0) is 19.1 Å². The average Bonchev–Trinajstić information content (AvgIpc) is 3.04. The van der Waals surface area contributed by atoms with E-state index in [0.29, 0.717) is 22.8 Å². The fourth-order valence-corrected chi connectivity index (χ4v) is 2.75. The summed E-state index contributed by atoms with van der Waals surface area (Å²) in [6.07, 6.45) is 1.58. The summed E-state index contributed by atoms with van der Waals surface area (Å²) in [5.41, 5.74) is 8.83. The quantitative estimate of drug-likeness (QED) is 0.485. The zero-order valence-electron chi connectivity index (χ0n) is 15.1. The lowest BCUT2D eigenvalue weighted by Crippen LogP contribution is -2.20. The van der Waals surface area contributed by atoms with Crippen molar-refractivity contribution in [1.29, 1.82) is 0 Å². The number of thiazole rings is 1. The van der Waals surface area contributed by atoms with Crippen LogP contribution in [0, 0.1) is 6.92 Å². The molecule has 2 aromatic rings. The number of carbonyl (C=O) groups excluding carboxylic acids is 2. The number of hydrogen-bond donors (Lipinski definition) is 2. The van der Waals surface area contributed by atoms with Crippen molar-refractivity contribution in [2.45, 2.75) is 13.3 Å². The Morgan fingerprint density at radius 3 is 2.48 bits per heavy atom. The molecule has 1 aromatic carbocycles. The maximum absolute atomic E-state index is 11.9. The molecule has 0 saturated carbocycles. The van der Waals surface area contributed by atoms with Crippen LogP contribution in [0.2, 0.25) is 0 Å². The van der Waals surface area contributed by atoms with E-state index in [0.717, 1.165) is 5.01 Å². The van der Waals surface area contributed by atoms with Crippen LogP contribution in [0.25, 0.3) is 0 Å².